The molecule has 0 atom stereocenters. The highest BCUT2D eigenvalue weighted by Gasteiger charge is 2.30. The van der Waals surface area contributed by atoms with Gasteiger partial charge in [0.25, 0.3) is 5.91 Å². The van der Waals surface area contributed by atoms with Gasteiger partial charge in [-0.15, -0.1) is 0 Å². The van der Waals surface area contributed by atoms with Crippen molar-refractivity contribution in [2.75, 3.05) is 6.61 Å². The van der Waals surface area contributed by atoms with Gasteiger partial charge in [0.05, 0.1) is 18.2 Å². The topological polar surface area (TPSA) is 80.6 Å². The van der Waals surface area contributed by atoms with Gasteiger partial charge >= 0.3 is 6.18 Å². The predicted molar refractivity (Wildman–Crippen MR) is 97.9 cm³/mol. The van der Waals surface area contributed by atoms with Gasteiger partial charge in [0.15, 0.2) is 6.61 Å². The number of alkyl halides is 3. The molecule has 152 valence electrons. The van der Waals surface area contributed by atoms with Crippen LogP contribution in [-0.2, 0) is 22.2 Å². The molecule has 0 aliphatic rings. The van der Waals surface area contributed by atoms with Crippen molar-refractivity contribution in [3.63, 3.8) is 0 Å². The van der Waals surface area contributed by atoms with Crippen LogP contribution in [0.2, 0.25) is 0 Å². The number of carbonyl (C=O) groups is 2. The molecule has 29 heavy (non-hydrogen) atoms. The Morgan fingerprint density at radius 2 is 1.83 bits per heavy atom. The first-order chi connectivity index (χ1) is 13.7. The maximum Gasteiger partial charge on any atom is 0.416 e. The summed E-state index contributed by atoms with van der Waals surface area (Å²) in [6.07, 6.45) is -3.06. The third-order valence-electron chi connectivity index (χ3n) is 4.03. The minimum atomic E-state index is -4.51. The van der Waals surface area contributed by atoms with Crippen molar-refractivity contribution in [1.82, 2.24) is 10.9 Å². The average molecular weight is 406 g/mol. The molecule has 6 nitrogen and oxygen atoms in total. The van der Waals surface area contributed by atoms with Crippen molar-refractivity contribution in [1.29, 1.82) is 0 Å². The van der Waals surface area contributed by atoms with E-state index in [4.69, 9.17) is 9.15 Å². The summed E-state index contributed by atoms with van der Waals surface area (Å²) in [5.41, 5.74) is 5.84. The Hall–Kier alpha value is -3.49. The molecule has 1 heterocycles. The second-order valence-electron chi connectivity index (χ2n) is 6.35. The van der Waals surface area contributed by atoms with Gasteiger partial charge in [0.1, 0.15) is 11.3 Å². The number of carbonyl (C=O) groups excluding carboxylic acids is 2. The lowest BCUT2D eigenvalue weighted by Crippen LogP contribution is -2.44. The summed E-state index contributed by atoms with van der Waals surface area (Å²) in [5.74, 6) is -1.31. The normalized spacial score (nSPS) is 11.3. The van der Waals surface area contributed by atoms with Gasteiger partial charge < -0.3 is 9.15 Å². The second-order valence-corrected chi connectivity index (χ2v) is 6.35. The Labute approximate surface area is 163 Å². The van der Waals surface area contributed by atoms with Crippen LogP contribution in [0.25, 0.3) is 11.0 Å². The third kappa shape index (κ3) is 5.28. The lowest BCUT2D eigenvalue weighted by Gasteiger charge is -2.11. The van der Waals surface area contributed by atoms with Gasteiger partial charge in [-0.3, -0.25) is 20.4 Å². The van der Waals surface area contributed by atoms with Crippen molar-refractivity contribution in [3.8, 4) is 5.75 Å². The lowest BCUT2D eigenvalue weighted by molar-refractivity contribution is -0.137. The van der Waals surface area contributed by atoms with Gasteiger partial charge in [0.2, 0.25) is 5.91 Å². The molecule has 0 bridgehead atoms. The highest BCUT2D eigenvalue weighted by molar-refractivity contribution is 5.89. The number of amides is 2. The number of halogens is 3. The first kappa shape index (κ1) is 20.2. The molecule has 2 N–H and O–H groups in total. The van der Waals surface area contributed by atoms with Crippen LogP contribution in [0, 0.1) is 6.92 Å². The van der Waals surface area contributed by atoms with Crippen molar-refractivity contribution >= 4 is 22.8 Å². The van der Waals surface area contributed by atoms with Gasteiger partial charge in [-0.25, -0.2) is 0 Å². The molecule has 0 radical (unpaired) electrons. The zero-order valence-electron chi connectivity index (χ0n) is 15.3. The Balaban J connectivity index is 1.48. The molecule has 0 fully saturated rings. The molecule has 0 aliphatic heterocycles. The van der Waals surface area contributed by atoms with E-state index in [-0.39, 0.29) is 12.2 Å². The summed E-state index contributed by atoms with van der Waals surface area (Å²) < 4.78 is 48.4. The van der Waals surface area contributed by atoms with E-state index in [9.17, 15) is 22.8 Å². The number of hydrogen-bond acceptors (Lipinski definition) is 4. The number of fused-ring (bicyclic) bond motifs is 1. The minimum absolute atomic E-state index is 0.0230. The molecule has 3 rings (SSSR count). The van der Waals surface area contributed by atoms with E-state index >= 15 is 0 Å². The van der Waals surface area contributed by atoms with Crippen LogP contribution >= 0.6 is 0 Å². The van der Waals surface area contributed by atoms with Crippen LogP contribution in [0.5, 0.6) is 5.75 Å². The first-order valence-electron chi connectivity index (χ1n) is 8.57. The molecular formula is C20H17F3N2O4. The molecular weight excluding hydrogens is 389 g/mol. The van der Waals surface area contributed by atoms with Crippen LogP contribution in [-0.4, -0.2) is 18.4 Å². The smallest absolute Gasteiger partial charge is 0.416 e. The van der Waals surface area contributed by atoms with Crippen LogP contribution in [0.15, 0.2) is 53.1 Å². The van der Waals surface area contributed by atoms with E-state index in [1.807, 2.05) is 25.1 Å². The lowest BCUT2D eigenvalue weighted by atomic mass is 10.1. The minimum Gasteiger partial charge on any atom is -0.484 e. The van der Waals surface area contributed by atoms with Gasteiger partial charge in [-0.1, -0.05) is 18.2 Å². The van der Waals surface area contributed by atoms with Crippen LogP contribution in [0.1, 0.15) is 16.7 Å². The molecule has 3 aromatic rings. The van der Waals surface area contributed by atoms with Crippen molar-refractivity contribution in [2.24, 2.45) is 0 Å². The second kappa shape index (κ2) is 8.26. The molecule has 0 spiro atoms. The highest BCUT2D eigenvalue weighted by Crippen LogP contribution is 2.31. The number of ether oxygens (including phenoxy) is 1. The molecule has 2 aromatic carbocycles. The van der Waals surface area contributed by atoms with Crippen LogP contribution < -0.4 is 15.6 Å². The number of aryl methyl sites for hydroxylation is 1. The van der Waals surface area contributed by atoms with E-state index in [2.05, 4.69) is 10.9 Å². The van der Waals surface area contributed by atoms with E-state index in [0.717, 1.165) is 23.1 Å². The summed E-state index contributed by atoms with van der Waals surface area (Å²) in [5, 5.41) is 0.796. The Kier molecular flexibility index (Phi) is 5.76. The third-order valence-corrected chi connectivity index (χ3v) is 4.03. The number of nitrogens with one attached hydrogen (secondary N) is 2. The number of hydrogen-bond donors (Lipinski definition) is 2. The maximum atomic E-state index is 12.7. The van der Waals surface area contributed by atoms with E-state index in [1.165, 1.54) is 18.4 Å². The van der Waals surface area contributed by atoms with E-state index < -0.39 is 30.2 Å². The van der Waals surface area contributed by atoms with Crippen molar-refractivity contribution in [3.05, 3.63) is 65.4 Å². The fourth-order valence-corrected chi connectivity index (χ4v) is 2.63. The largest absolute Gasteiger partial charge is 0.484 e. The van der Waals surface area contributed by atoms with Gasteiger partial charge in [0, 0.05) is 10.9 Å². The molecule has 0 aliphatic carbocycles. The zero-order valence-corrected chi connectivity index (χ0v) is 15.3. The summed E-state index contributed by atoms with van der Waals surface area (Å²) in [6.45, 7) is 1.36. The van der Waals surface area contributed by atoms with Gasteiger partial charge in [-0.05, 0) is 36.8 Å². The monoisotopic (exact) mass is 406 g/mol. The maximum absolute atomic E-state index is 12.7. The predicted octanol–water partition coefficient (Wildman–Crippen LogP) is 3.53. The van der Waals surface area contributed by atoms with E-state index in [1.54, 1.807) is 0 Å². The Morgan fingerprint density at radius 3 is 2.59 bits per heavy atom. The van der Waals surface area contributed by atoms with Crippen LogP contribution in [0.3, 0.4) is 0 Å². The Morgan fingerprint density at radius 1 is 1.07 bits per heavy atom. The van der Waals surface area contributed by atoms with Gasteiger partial charge in [-0.2, -0.15) is 13.2 Å². The summed E-state index contributed by atoms with van der Waals surface area (Å²) in [4.78, 5) is 23.8. The standard InChI is InChI=1S/C20H17F3N2O4/c1-12-5-6-16-13(10-29-17(16)7-12)8-18(26)24-25-19(27)11-28-15-4-2-3-14(9-15)20(21,22)23/h2-7,9-10H,8,11H2,1H3,(H,24,26)(H,25,27). The molecule has 0 unspecified atom stereocenters. The fraction of sp³-hybridized carbons (Fsp3) is 0.200. The van der Waals surface area contributed by atoms with Crippen LogP contribution in [0.4, 0.5) is 13.2 Å². The number of benzene rings is 2. The summed E-state index contributed by atoms with van der Waals surface area (Å²) >= 11 is 0. The number of furan rings is 1. The summed E-state index contributed by atoms with van der Waals surface area (Å²) in [7, 11) is 0. The zero-order chi connectivity index (χ0) is 21.0. The summed E-state index contributed by atoms with van der Waals surface area (Å²) in [6, 6.07) is 9.75. The molecule has 1 aromatic heterocycles. The molecule has 0 saturated carbocycles. The number of hydrazine groups is 1. The first-order valence-corrected chi connectivity index (χ1v) is 8.57. The highest BCUT2D eigenvalue weighted by atomic mass is 19.4. The number of rotatable bonds is 5. The van der Waals surface area contributed by atoms with Crippen molar-refractivity contribution < 1.29 is 31.9 Å². The fourth-order valence-electron chi connectivity index (χ4n) is 2.63. The molecule has 0 saturated heterocycles. The molecule has 9 heteroatoms. The van der Waals surface area contributed by atoms with E-state index in [0.29, 0.717) is 11.1 Å². The quantitative estimate of drug-likeness (QED) is 0.636. The Bertz CT molecular complexity index is 1040. The SMILES string of the molecule is Cc1ccc2c(CC(=O)NNC(=O)COc3cccc(C(F)(F)F)c3)coc2c1. The van der Waals surface area contributed by atoms with Crippen molar-refractivity contribution in [2.45, 2.75) is 19.5 Å². The average Bonchev–Trinajstić information content (AvgIpc) is 3.06. The molecule has 2 amide bonds.